The van der Waals surface area contributed by atoms with Gasteiger partial charge in [-0.1, -0.05) is 19.1 Å². The van der Waals surface area contributed by atoms with E-state index in [4.69, 9.17) is 0 Å². The number of hydrogen-bond acceptors (Lipinski definition) is 3. The molecule has 5 heteroatoms. The lowest BCUT2D eigenvalue weighted by Crippen LogP contribution is -2.36. The minimum atomic E-state index is 0.777. The van der Waals surface area contributed by atoms with Gasteiger partial charge in [-0.2, -0.15) is 0 Å². The van der Waals surface area contributed by atoms with Gasteiger partial charge in [0.15, 0.2) is 5.96 Å². The number of aliphatic imine (C=N–C) groups is 1. The highest BCUT2D eigenvalue weighted by atomic mass is 32.2. The molecule has 0 amide bonds. The molecule has 0 saturated carbocycles. The largest absolute Gasteiger partial charge is 0.352 e. The van der Waals surface area contributed by atoms with Crippen molar-refractivity contribution in [2.75, 3.05) is 13.3 Å². The molecular formula is C17H23N3S2. The SMILES string of the molecule is CCc1ccc(CNC(=NC)NCc2ccc(SC)cc2)s1. The van der Waals surface area contributed by atoms with E-state index in [2.05, 4.69) is 65.2 Å². The van der Waals surface area contributed by atoms with Crippen LogP contribution in [0, 0.1) is 0 Å². The third-order valence-electron chi connectivity index (χ3n) is 3.34. The van der Waals surface area contributed by atoms with Crippen LogP contribution in [0.15, 0.2) is 46.3 Å². The Balaban J connectivity index is 1.81. The number of rotatable bonds is 6. The molecule has 0 unspecified atom stereocenters. The van der Waals surface area contributed by atoms with Gasteiger partial charge in [-0.3, -0.25) is 4.99 Å². The molecule has 0 aliphatic carbocycles. The molecule has 0 spiro atoms. The van der Waals surface area contributed by atoms with Crippen LogP contribution in [0.4, 0.5) is 0 Å². The van der Waals surface area contributed by atoms with Crippen LogP contribution < -0.4 is 10.6 Å². The van der Waals surface area contributed by atoms with Gasteiger partial charge in [0.2, 0.25) is 0 Å². The Morgan fingerprint density at radius 3 is 2.32 bits per heavy atom. The number of thioether (sulfide) groups is 1. The van der Waals surface area contributed by atoms with Crippen molar-refractivity contribution in [3.63, 3.8) is 0 Å². The molecule has 3 nitrogen and oxygen atoms in total. The van der Waals surface area contributed by atoms with Gasteiger partial charge in [-0.15, -0.1) is 23.1 Å². The monoisotopic (exact) mass is 333 g/mol. The maximum atomic E-state index is 4.27. The maximum Gasteiger partial charge on any atom is 0.191 e. The molecule has 0 fully saturated rings. The van der Waals surface area contributed by atoms with Crippen LogP contribution in [0.25, 0.3) is 0 Å². The molecule has 2 N–H and O–H groups in total. The molecule has 1 heterocycles. The summed E-state index contributed by atoms with van der Waals surface area (Å²) in [5.41, 5.74) is 1.25. The normalized spacial score (nSPS) is 11.5. The van der Waals surface area contributed by atoms with Crippen molar-refractivity contribution in [2.24, 2.45) is 4.99 Å². The predicted molar refractivity (Wildman–Crippen MR) is 99.0 cm³/mol. The lowest BCUT2D eigenvalue weighted by Gasteiger charge is -2.11. The zero-order valence-electron chi connectivity index (χ0n) is 13.3. The summed E-state index contributed by atoms with van der Waals surface area (Å²) in [6, 6.07) is 13.0. The summed E-state index contributed by atoms with van der Waals surface area (Å²) >= 11 is 3.62. The summed E-state index contributed by atoms with van der Waals surface area (Å²) in [5.74, 6) is 0.834. The fraction of sp³-hybridized carbons (Fsp3) is 0.353. The van der Waals surface area contributed by atoms with Gasteiger partial charge in [-0.05, 0) is 42.5 Å². The van der Waals surface area contributed by atoms with Crippen LogP contribution >= 0.6 is 23.1 Å². The molecular weight excluding hydrogens is 310 g/mol. The van der Waals surface area contributed by atoms with Crippen molar-refractivity contribution in [3.8, 4) is 0 Å². The lowest BCUT2D eigenvalue weighted by atomic mass is 10.2. The Hall–Kier alpha value is -1.46. The van der Waals surface area contributed by atoms with Gasteiger partial charge in [-0.25, -0.2) is 0 Å². The quantitative estimate of drug-likeness (QED) is 0.478. The Labute approximate surface area is 141 Å². The molecule has 118 valence electrons. The standard InChI is InChI=1S/C17H23N3S2/c1-4-14-9-10-16(22-14)12-20-17(18-2)19-11-13-5-7-15(21-3)8-6-13/h5-10H,4,11-12H2,1-3H3,(H2,18,19,20). The first-order chi connectivity index (χ1) is 10.7. The second kappa shape index (κ2) is 8.86. The second-order valence-electron chi connectivity index (χ2n) is 4.85. The minimum absolute atomic E-state index is 0.777. The van der Waals surface area contributed by atoms with Crippen molar-refractivity contribution in [1.29, 1.82) is 0 Å². The molecule has 2 rings (SSSR count). The van der Waals surface area contributed by atoms with Crippen molar-refractivity contribution < 1.29 is 0 Å². The van der Waals surface area contributed by atoms with Gasteiger partial charge in [0.05, 0.1) is 6.54 Å². The average molecular weight is 334 g/mol. The molecule has 1 aromatic carbocycles. The fourth-order valence-electron chi connectivity index (χ4n) is 2.03. The van der Waals surface area contributed by atoms with Gasteiger partial charge < -0.3 is 10.6 Å². The summed E-state index contributed by atoms with van der Waals surface area (Å²) in [6.45, 7) is 3.78. The Morgan fingerprint density at radius 2 is 1.73 bits per heavy atom. The number of thiophene rings is 1. The predicted octanol–water partition coefficient (Wildman–Crippen LogP) is 3.90. The van der Waals surface area contributed by atoms with E-state index in [1.54, 1.807) is 18.8 Å². The number of nitrogens with one attached hydrogen (secondary N) is 2. The van der Waals surface area contributed by atoms with Crippen molar-refractivity contribution in [1.82, 2.24) is 10.6 Å². The molecule has 0 atom stereocenters. The molecule has 0 saturated heterocycles. The van der Waals surface area contributed by atoms with E-state index < -0.39 is 0 Å². The van der Waals surface area contributed by atoms with E-state index in [-0.39, 0.29) is 0 Å². The summed E-state index contributed by atoms with van der Waals surface area (Å²) in [4.78, 5) is 8.32. The van der Waals surface area contributed by atoms with Crippen LogP contribution in [-0.2, 0) is 19.5 Å². The summed E-state index contributed by atoms with van der Waals surface area (Å²) in [5, 5.41) is 6.71. The van der Waals surface area contributed by atoms with Crippen molar-refractivity contribution >= 4 is 29.1 Å². The zero-order chi connectivity index (χ0) is 15.8. The van der Waals surface area contributed by atoms with Gasteiger partial charge in [0.25, 0.3) is 0 Å². The highest BCUT2D eigenvalue weighted by molar-refractivity contribution is 7.98. The Kier molecular flexibility index (Phi) is 6.80. The molecule has 2 aromatic rings. The second-order valence-corrected chi connectivity index (χ2v) is 6.98. The summed E-state index contributed by atoms with van der Waals surface area (Å²) < 4.78 is 0. The smallest absolute Gasteiger partial charge is 0.191 e. The van der Waals surface area contributed by atoms with E-state index >= 15 is 0 Å². The topological polar surface area (TPSA) is 36.4 Å². The van der Waals surface area contributed by atoms with Crippen LogP contribution in [0.2, 0.25) is 0 Å². The number of guanidine groups is 1. The summed E-state index contributed by atoms with van der Waals surface area (Å²) in [7, 11) is 1.80. The van der Waals surface area contributed by atoms with E-state index in [1.807, 2.05) is 11.3 Å². The first-order valence-electron chi connectivity index (χ1n) is 7.40. The molecule has 1 aromatic heterocycles. The Morgan fingerprint density at radius 1 is 1.05 bits per heavy atom. The number of nitrogens with zero attached hydrogens (tertiary/aromatic N) is 1. The maximum absolute atomic E-state index is 4.27. The third kappa shape index (κ3) is 5.07. The highest BCUT2D eigenvalue weighted by Gasteiger charge is 2.02. The molecule has 0 bridgehead atoms. The highest BCUT2D eigenvalue weighted by Crippen LogP contribution is 2.16. The fourth-order valence-corrected chi connectivity index (χ4v) is 3.33. The van der Waals surface area contributed by atoms with E-state index in [1.165, 1.54) is 20.2 Å². The van der Waals surface area contributed by atoms with Gasteiger partial charge in [0.1, 0.15) is 0 Å². The lowest BCUT2D eigenvalue weighted by molar-refractivity contribution is 0.815. The van der Waals surface area contributed by atoms with Crippen molar-refractivity contribution in [2.45, 2.75) is 31.3 Å². The van der Waals surface area contributed by atoms with Gasteiger partial charge in [0, 0.05) is 28.2 Å². The molecule has 0 radical (unpaired) electrons. The van der Waals surface area contributed by atoms with E-state index in [0.717, 1.165) is 25.5 Å². The van der Waals surface area contributed by atoms with Crippen LogP contribution in [0.5, 0.6) is 0 Å². The summed E-state index contributed by atoms with van der Waals surface area (Å²) in [6.07, 6.45) is 3.19. The van der Waals surface area contributed by atoms with Crippen LogP contribution in [0.3, 0.4) is 0 Å². The first-order valence-corrected chi connectivity index (χ1v) is 9.44. The number of benzene rings is 1. The molecule has 22 heavy (non-hydrogen) atoms. The van der Waals surface area contributed by atoms with E-state index in [9.17, 15) is 0 Å². The van der Waals surface area contributed by atoms with E-state index in [0.29, 0.717) is 0 Å². The third-order valence-corrected chi connectivity index (χ3v) is 5.31. The van der Waals surface area contributed by atoms with Gasteiger partial charge >= 0.3 is 0 Å². The van der Waals surface area contributed by atoms with Crippen LogP contribution in [-0.4, -0.2) is 19.3 Å². The van der Waals surface area contributed by atoms with Crippen molar-refractivity contribution in [3.05, 3.63) is 51.7 Å². The first kappa shape index (κ1) is 16.9. The minimum Gasteiger partial charge on any atom is -0.352 e. The number of aryl methyl sites for hydroxylation is 1. The molecule has 0 aliphatic rings. The molecule has 0 aliphatic heterocycles. The zero-order valence-corrected chi connectivity index (χ0v) is 15.0. The number of hydrogen-bond donors (Lipinski definition) is 2. The van der Waals surface area contributed by atoms with Crippen LogP contribution in [0.1, 0.15) is 22.2 Å². The Bertz CT molecular complexity index is 603. The average Bonchev–Trinajstić information content (AvgIpc) is 3.03.